The molecule has 1 aromatic carbocycles. The zero-order valence-electron chi connectivity index (χ0n) is 16.0. The van der Waals surface area contributed by atoms with E-state index in [1.807, 2.05) is 46.8 Å². The van der Waals surface area contributed by atoms with Crippen LogP contribution < -0.4 is 5.32 Å². The van der Waals surface area contributed by atoms with Crippen LogP contribution in [0.25, 0.3) is 0 Å². The number of amides is 2. The lowest BCUT2D eigenvalue weighted by molar-refractivity contribution is -0.116. The van der Waals surface area contributed by atoms with Crippen molar-refractivity contribution in [1.29, 1.82) is 0 Å². The second-order valence-corrected chi connectivity index (χ2v) is 8.04. The lowest BCUT2D eigenvalue weighted by atomic mass is 10.0. The molecule has 2 amide bonds. The second kappa shape index (κ2) is 7.89. The minimum absolute atomic E-state index is 0.0284. The molecule has 138 valence electrons. The third-order valence-corrected chi connectivity index (χ3v) is 4.22. The maximum Gasteiger partial charge on any atom is 0.410 e. The van der Waals surface area contributed by atoms with E-state index in [1.165, 1.54) is 0 Å². The Labute approximate surface area is 150 Å². The molecule has 0 saturated carbocycles. The topological polar surface area (TPSA) is 58.6 Å². The summed E-state index contributed by atoms with van der Waals surface area (Å²) in [6.07, 6.45) is 1.93. The van der Waals surface area contributed by atoms with Crippen molar-refractivity contribution in [2.75, 3.05) is 18.4 Å². The monoisotopic (exact) mass is 346 g/mol. The smallest absolute Gasteiger partial charge is 0.410 e. The Kier molecular flexibility index (Phi) is 6.09. The fourth-order valence-electron chi connectivity index (χ4n) is 3.17. The van der Waals surface area contributed by atoms with Gasteiger partial charge in [0.25, 0.3) is 0 Å². The Bertz CT molecular complexity index is 614. The summed E-state index contributed by atoms with van der Waals surface area (Å²) in [5.74, 6) is 0.387. The van der Waals surface area contributed by atoms with Gasteiger partial charge in [0.1, 0.15) is 5.60 Å². The SMILES string of the molecule is Cc1cc(C)cc(NC(=O)CC[C@@H]2CCN(C(=O)OC(C)(C)C)C2)c1. The third-order valence-electron chi connectivity index (χ3n) is 4.22. The fraction of sp³-hybridized carbons (Fsp3) is 0.600. The summed E-state index contributed by atoms with van der Waals surface area (Å²) in [6, 6.07) is 6.04. The van der Waals surface area contributed by atoms with Gasteiger partial charge in [-0.3, -0.25) is 4.79 Å². The normalized spacial score (nSPS) is 17.5. The summed E-state index contributed by atoms with van der Waals surface area (Å²) >= 11 is 0. The van der Waals surface area contributed by atoms with E-state index in [0.29, 0.717) is 25.4 Å². The average molecular weight is 346 g/mol. The highest BCUT2D eigenvalue weighted by Gasteiger charge is 2.29. The number of likely N-dealkylation sites (tertiary alicyclic amines) is 1. The average Bonchev–Trinajstić information content (AvgIpc) is 2.91. The molecule has 0 radical (unpaired) electrons. The molecule has 2 rings (SSSR count). The minimum atomic E-state index is -0.471. The molecule has 1 atom stereocenters. The van der Waals surface area contributed by atoms with E-state index in [-0.39, 0.29) is 12.0 Å². The molecule has 1 N–H and O–H groups in total. The summed E-state index contributed by atoms with van der Waals surface area (Å²) in [7, 11) is 0. The molecule has 1 aliphatic rings. The minimum Gasteiger partial charge on any atom is -0.444 e. The van der Waals surface area contributed by atoms with Gasteiger partial charge in [-0.1, -0.05) is 6.07 Å². The van der Waals surface area contributed by atoms with Crippen LogP contribution in [-0.4, -0.2) is 35.6 Å². The highest BCUT2D eigenvalue weighted by Crippen LogP contribution is 2.23. The fourth-order valence-corrected chi connectivity index (χ4v) is 3.17. The van der Waals surface area contributed by atoms with Gasteiger partial charge in [-0.25, -0.2) is 4.79 Å². The molecule has 1 saturated heterocycles. The van der Waals surface area contributed by atoms with Crippen molar-refractivity contribution in [2.45, 2.75) is 59.5 Å². The van der Waals surface area contributed by atoms with E-state index in [2.05, 4.69) is 11.4 Å². The van der Waals surface area contributed by atoms with E-state index in [4.69, 9.17) is 4.74 Å². The predicted octanol–water partition coefficient (Wildman–Crippen LogP) is 4.28. The van der Waals surface area contributed by atoms with Gasteiger partial charge in [0, 0.05) is 25.2 Å². The molecular weight excluding hydrogens is 316 g/mol. The highest BCUT2D eigenvalue weighted by atomic mass is 16.6. The van der Waals surface area contributed by atoms with Crippen LogP contribution in [0.5, 0.6) is 0 Å². The first-order chi connectivity index (χ1) is 11.6. The maximum absolute atomic E-state index is 12.2. The van der Waals surface area contributed by atoms with Crippen LogP contribution in [0, 0.1) is 19.8 Å². The number of ether oxygens (including phenoxy) is 1. The molecule has 0 aliphatic carbocycles. The molecule has 1 fully saturated rings. The number of hydrogen-bond acceptors (Lipinski definition) is 3. The lowest BCUT2D eigenvalue weighted by Gasteiger charge is -2.24. The van der Waals surface area contributed by atoms with Crippen LogP contribution in [0.15, 0.2) is 18.2 Å². The number of benzene rings is 1. The number of nitrogens with one attached hydrogen (secondary N) is 1. The summed E-state index contributed by atoms with van der Waals surface area (Å²) in [4.78, 5) is 26.0. The zero-order chi connectivity index (χ0) is 18.6. The van der Waals surface area contributed by atoms with Crippen molar-refractivity contribution >= 4 is 17.7 Å². The Balaban J connectivity index is 1.76. The van der Waals surface area contributed by atoms with Crippen LogP contribution in [0.3, 0.4) is 0 Å². The molecule has 1 aromatic rings. The molecule has 1 heterocycles. The Morgan fingerprint density at radius 3 is 2.44 bits per heavy atom. The van der Waals surface area contributed by atoms with E-state index in [1.54, 1.807) is 4.90 Å². The number of rotatable bonds is 4. The predicted molar refractivity (Wildman–Crippen MR) is 99.7 cm³/mol. The molecular formula is C20H30N2O3. The van der Waals surface area contributed by atoms with Crippen molar-refractivity contribution in [1.82, 2.24) is 4.90 Å². The van der Waals surface area contributed by atoms with Gasteiger partial charge < -0.3 is 15.0 Å². The molecule has 0 unspecified atom stereocenters. The van der Waals surface area contributed by atoms with Crippen LogP contribution >= 0.6 is 0 Å². The molecule has 1 aliphatic heterocycles. The van der Waals surface area contributed by atoms with Crippen molar-refractivity contribution in [2.24, 2.45) is 5.92 Å². The molecule has 0 bridgehead atoms. The van der Waals surface area contributed by atoms with Gasteiger partial charge in [0.2, 0.25) is 5.91 Å². The summed E-state index contributed by atoms with van der Waals surface area (Å²) in [5, 5.41) is 2.97. The Morgan fingerprint density at radius 2 is 1.84 bits per heavy atom. The number of nitrogens with zero attached hydrogens (tertiary/aromatic N) is 1. The standard InChI is InChI=1S/C20H30N2O3/c1-14-10-15(2)12-17(11-14)21-18(23)7-6-16-8-9-22(13-16)19(24)25-20(3,4)5/h10-12,16H,6-9,13H2,1-5H3,(H,21,23)/t16-/m1/s1. The lowest BCUT2D eigenvalue weighted by Crippen LogP contribution is -2.35. The van der Waals surface area contributed by atoms with Crippen LogP contribution in [0.2, 0.25) is 0 Å². The molecule has 0 spiro atoms. The second-order valence-electron chi connectivity index (χ2n) is 8.04. The molecule has 25 heavy (non-hydrogen) atoms. The number of carbonyl (C=O) groups is 2. The molecule has 0 aromatic heterocycles. The molecule has 5 heteroatoms. The maximum atomic E-state index is 12.2. The van der Waals surface area contributed by atoms with Crippen molar-refractivity contribution < 1.29 is 14.3 Å². The third kappa shape index (κ3) is 6.40. The van der Waals surface area contributed by atoms with E-state index in [0.717, 1.165) is 29.7 Å². The van der Waals surface area contributed by atoms with Crippen molar-refractivity contribution in [3.8, 4) is 0 Å². The Morgan fingerprint density at radius 1 is 1.20 bits per heavy atom. The summed E-state index contributed by atoms with van der Waals surface area (Å²) in [6.45, 7) is 11.0. The van der Waals surface area contributed by atoms with Gasteiger partial charge in [0.05, 0.1) is 0 Å². The number of anilines is 1. The molecule has 5 nitrogen and oxygen atoms in total. The zero-order valence-corrected chi connectivity index (χ0v) is 16.0. The van der Waals surface area contributed by atoms with Gasteiger partial charge in [-0.2, -0.15) is 0 Å². The first kappa shape index (κ1) is 19.3. The van der Waals surface area contributed by atoms with Crippen LogP contribution in [0.1, 0.15) is 51.2 Å². The summed E-state index contributed by atoms with van der Waals surface area (Å²) < 4.78 is 5.40. The van der Waals surface area contributed by atoms with Gasteiger partial charge in [-0.15, -0.1) is 0 Å². The number of hydrogen-bond donors (Lipinski definition) is 1. The van der Waals surface area contributed by atoms with Crippen molar-refractivity contribution in [3.63, 3.8) is 0 Å². The van der Waals surface area contributed by atoms with Crippen LogP contribution in [-0.2, 0) is 9.53 Å². The van der Waals surface area contributed by atoms with Crippen molar-refractivity contribution in [3.05, 3.63) is 29.3 Å². The van der Waals surface area contributed by atoms with E-state index < -0.39 is 5.60 Å². The van der Waals surface area contributed by atoms with Gasteiger partial charge in [-0.05, 0) is 76.6 Å². The first-order valence-electron chi connectivity index (χ1n) is 8.98. The summed E-state index contributed by atoms with van der Waals surface area (Å²) in [5.41, 5.74) is 2.66. The Hall–Kier alpha value is -2.04. The highest BCUT2D eigenvalue weighted by molar-refractivity contribution is 5.90. The van der Waals surface area contributed by atoms with Crippen LogP contribution in [0.4, 0.5) is 10.5 Å². The quantitative estimate of drug-likeness (QED) is 0.885. The first-order valence-corrected chi connectivity index (χ1v) is 8.98. The number of aryl methyl sites for hydroxylation is 2. The van der Waals surface area contributed by atoms with E-state index in [9.17, 15) is 9.59 Å². The van der Waals surface area contributed by atoms with E-state index >= 15 is 0 Å². The largest absolute Gasteiger partial charge is 0.444 e. The number of carbonyl (C=O) groups excluding carboxylic acids is 2. The van der Waals surface area contributed by atoms with Gasteiger partial charge >= 0.3 is 6.09 Å². The van der Waals surface area contributed by atoms with Gasteiger partial charge in [0.15, 0.2) is 0 Å².